The van der Waals surface area contributed by atoms with Crippen LogP contribution in [0, 0.1) is 6.92 Å². The van der Waals surface area contributed by atoms with Gasteiger partial charge in [0.2, 0.25) is 0 Å². The number of piperidine rings is 1. The number of nitrogens with one attached hydrogen (secondary N) is 1. The van der Waals surface area contributed by atoms with E-state index in [9.17, 15) is 0 Å². The van der Waals surface area contributed by atoms with Crippen LogP contribution in [-0.4, -0.2) is 31.1 Å². The Morgan fingerprint density at radius 2 is 2.00 bits per heavy atom. The molecule has 1 heterocycles. The number of hydrogen-bond acceptors (Lipinski definition) is 2. The van der Waals surface area contributed by atoms with Crippen LogP contribution in [0.2, 0.25) is 0 Å². The van der Waals surface area contributed by atoms with Crippen molar-refractivity contribution >= 4 is 21.6 Å². The summed E-state index contributed by atoms with van der Waals surface area (Å²) in [5.41, 5.74) is 2.52. The van der Waals surface area contributed by atoms with E-state index in [0.29, 0.717) is 0 Å². The van der Waals surface area contributed by atoms with Gasteiger partial charge in [-0.05, 0) is 69.6 Å². The van der Waals surface area contributed by atoms with Crippen molar-refractivity contribution in [3.63, 3.8) is 0 Å². The zero-order valence-corrected chi connectivity index (χ0v) is 12.8. The van der Waals surface area contributed by atoms with Crippen molar-refractivity contribution in [1.82, 2.24) is 4.90 Å². The van der Waals surface area contributed by atoms with Gasteiger partial charge < -0.3 is 10.2 Å². The predicted molar refractivity (Wildman–Crippen MR) is 82.3 cm³/mol. The first kappa shape index (κ1) is 13.9. The van der Waals surface area contributed by atoms with Gasteiger partial charge in [-0.25, -0.2) is 0 Å². The minimum Gasteiger partial charge on any atom is -0.385 e. The Morgan fingerprint density at radius 3 is 2.72 bits per heavy atom. The van der Waals surface area contributed by atoms with Gasteiger partial charge in [0.05, 0.1) is 0 Å². The molecule has 0 amide bonds. The number of anilines is 1. The number of rotatable bonds is 5. The molecule has 3 heteroatoms. The Morgan fingerprint density at radius 1 is 1.22 bits per heavy atom. The van der Waals surface area contributed by atoms with Crippen LogP contribution < -0.4 is 5.32 Å². The average Bonchev–Trinajstić information content (AvgIpc) is 2.40. The monoisotopic (exact) mass is 310 g/mol. The minimum absolute atomic E-state index is 1.07. The Kier molecular flexibility index (Phi) is 5.51. The van der Waals surface area contributed by atoms with Gasteiger partial charge in [0.1, 0.15) is 0 Å². The van der Waals surface area contributed by atoms with Crippen LogP contribution in [0.25, 0.3) is 0 Å². The van der Waals surface area contributed by atoms with Gasteiger partial charge in [-0.3, -0.25) is 0 Å². The molecule has 0 unspecified atom stereocenters. The van der Waals surface area contributed by atoms with E-state index in [-0.39, 0.29) is 0 Å². The molecule has 0 aliphatic carbocycles. The third-order valence-corrected chi connectivity index (χ3v) is 4.48. The number of nitrogens with zero attached hydrogens (tertiary/aromatic N) is 1. The van der Waals surface area contributed by atoms with Crippen LogP contribution in [0.5, 0.6) is 0 Å². The van der Waals surface area contributed by atoms with Crippen molar-refractivity contribution in [3.8, 4) is 0 Å². The lowest BCUT2D eigenvalue weighted by atomic mass is 10.1. The van der Waals surface area contributed by atoms with Gasteiger partial charge in [0.25, 0.3) is 0 Å². The summed E-state index contributed by atoms with van der Waals surface area (Å²) in [6.07, 6.45) is 5.43. The fraction of sp³-hybridized carbons (Fsp3) is 0.600. The van der Waals surface area contributed by atoms with Crippen molar-refractivity contribution in [1.29, 1.82) is 0 Å². The molecular weight excluding hydrogens is 288 g/mol. The normalized spacial score (nSPS) is 16.8. The number of likely N-dealkylation sites (tertiary alicyclic amines) is 1. The molecule has 1 aromatic rings. The first-order valence-corrected chi connectivity index (χ1v) is 7.77. The zero-order chi connectivity index (χ0) is 12.8. The second-order valence-electron chi connectivity index (χ2n) is 5.15. The molecular formula is C15H23BrN2. The first-order chi connectivity index (χ1) is 8.75. The molecule has 1 aromatic carbocycles. The molecule has 0 aromatic heterocycles. The van der Waals surface area contributed by atoms with Gasteiger partial charge in [-0.1, -0.05) is 22.4 Å². The summed E-state index contributed by atoms with van der Waals surface area (Å²) in [6, 6.07) is 6.45. The van der Waals surface area contributed by atoms with Gasteiger partial charge in [-0.15, -0.1) is 0 Å². The molecule has 0 spiro atoms. The highest BCUT2D eigenvalue weighted by atomic mass is 79.9. The molecule has 1 saturated heterocycles. The van der Waals surface area contributed by atoms with Gasteiger partial charge in [-0.2, -0.15) is 0 Å². The Labute approximate surface area is 119 Å². The maximum absolute atomic E-state index is 3.53. The van der Waals surface area contributed by atoms with E-state index >= 15 is 0 Å². The van der Waals surface area contributed by atoms with Crippen LogP contribution in [0.1, 0.15) is 31.2 Å². The largest absolute Gasteiger partial charge is 0.385 e. The average molecular weight is 311 g/mol. The molecule has 2 nitrogen and oxygen atoms in total. The summed E-state index contributed by atoms with van der Waals surface area (Å²) in [5.74, 6) is 0. The molecule has 2 rings (SSSR count). The van der Waals surface area contributed by atoms with E-state index in [2.05, 4.69) is 51.3 Å². The third kappa shape index (κ3) is 4.29. The van der Waals surface area contributed by atoms with Crippen molar-refractivity contribution < 1.29 is 0 Å². The summed E-state index contributed by atoms with van der Waals surface area (Å²) < 4.78 is 1.18. The summed E-state index contributed by atoms with van der Waals surface area (Å²) in [4.78, 5) is 2.60. The SMILES string of the molecule is Cc1cc(NCCCN2CCCCC2)ccc1Br. The second kappa shape index (κ2) is 7.15. The van der Waals surface area contributed by atoms with E-state index in [1.807, 2.05) is 0 Å². The number of benzene rings is 1. The Balaban J connectivity index is 1.66. The minimum atomic E-state index is 1.07. The van der Waals surface area contributed by atoms with Crippen LogP contribution in [0.3, 0.4) is 0 Å². The van der Waals surface area contributed by atoms with Crippen LogP contribution in [-0.2, 0) is 0 Å². The lowest BCUT2D eigenvalue weighted by Gasteiger charge is -2.26. The van der Waals surface area contributed by atoms with Crippen molar-refractivity contribution in [3.05, 3.63) is 28.2 Å². The van der Waals surface area contributed by atoms with E-state index in [0.717, 1.165) is 6.54 Å². The molecule has 0 saturated carbocycles. The van der Waals surface area contributed by atoms with Crippen LogP contribution in [0.4, 0.5) is 5.69 Å². The summed E-state index contributed by atoms with van der Waals surface area (Å²) in [7, 11) is 0. The quantitative estimate of drug-likeness (QED) is 0.826. The Hall–Kier alpha value is -0.540. The fourth-order valence-electron chi connectivity index (χ4n) is 2.47. The highest BCUT2D eigenvalue weighted by Gasteiger charge is 2.08. The lowest BCUT2D eigenvalue weighted by Crippen LogP contribution is -2.31. The van der Waals surface area contributed by atoms with Crippen molar-refractivity contribution in [2.45, 2.75) is 32.6 Å². The Bertz CT molecular complexity index is 373. The lowest BCUT2D eigenvalue weighted by molar-refractivity contribution is 0.228. The summed E-state index contributed by atoms with van der Waals surface area (Å²) >= 11 is 3.53. The van der Waals surface area contributed by atoms with E-state index in [4.69, 9.17) is 0 Å². The van der Waals surface area contributed by atoms with E-state index in [1.165, 1.54) is 61.0 Å². The topological polar surface area (TPSA) is 15.3 Å². The number of aryl methyl sites for hydroxylation is 1. The fourth-order valence-corrected chi connectivity index (χ4v) is 2.72. The van der Waals surface area contributed by atoms with Crippen LogP contribution >= 0.6 is 15.9 Å². The van der Waals surface area contributed by atoms with Gasteiger partial charge in [0.15, 0.2) is 0 Å². The maximum atomic E-state index is 3.53. The second-order valence-corrected chi connectivity index (χ2v) is 6.00. The number of halogens is 1. The zero-order valence-electron chi connectivity index (χ0n) is 11.2. The smallest absolute Gasteiger partial charge is 0.0343 e. The first-order valence-electron chi connectivity index (χ1n) is 6.98. The molecule has 0 bridgehead atoms. The van der Waals surface area contributed by atoms with Crippen molar-refractivity contribution in [2.24, 2.45) is 0 Å². The van der Waals surface area contributed by atoms with E-state index in [1.54, 1.807) is 0 Å². The standard InChI is InChI=1S/C15H23BrN2/c1-13-12-14(6-7-15(13)16)17-8-5-11-18-9-3-2-4-10-18/h6-7,12,17H,2-5,8-11H2,1H3. The third-order valence-electron chi connectivity index (χ3n) is 3.59. The maximum Gasteiger partial charge on any atom is 0.0343 e. The highest BCUT2D eigenvalue weighted by molar-refractivity contribution is 9.10. The van der Waals surface area contributed by atoms with Crippen molar-refractivity contribution in [2.75, 3.05) is 31.5 Å². The predicted octanol–water partition coefficient (Wildman–Crippen LogP) is 4.05. The molecule has 18 heavy (non-hydrogen) atoms. The summed E-state index contributed by atoms with van der Waals surface area (Å²) in [5, 5.41) is 3.50. The van der Waals surface area contributed by atoms with E-state index < -0.39 is 0 Å². The summed E-state index contributed by atoms with van der Waals surface area (Å²) in [6.45, 7) is 7.04. The molecule has 1 aliphatic rings. The molecule has 1 N–H and O–H groups in total. The molecule has 0 atom stereocenters. The highest BCUT2D eigenvalue weighted by Crippen LogP contribution is 2.19. The molecule has 0 radical (unpaired) electrons. The number of hydrogen-bond donors (Lipinski definition) is 1. The molecule has 1 fully saturated rings. The molecule has 100 valence electrons. The van der Waals surface area contributed by atoms with Gasteiger partial charge in [0, 0.05) is 16.7 Å². The van der Waals surface area contributed by atoms with Gasteiger partial charge >= 0.3 is 0 Å². The molecule has 1 aliphatic heterocycles. The van der Waals surface area contributed by atoms with Crippen LogP contribution in [0.15, 0.2) is 22.7 Å².